The van der Waals surface area contributed by atoms with Crippen LogP contribution < -0.4 is 0 Å². The Kier molecular flexibility index (Phi) is 1.58. The summed E-state index contributed by atoms with van der Waals surface area (Å²) in [6.07, 6.45) is 3.94. The molecule has 0 radical (unpaired) electrons. The molecule has 0 spiro atoms. The summed E-state index contributed by atoms with van der Waals surface area (Å²) in [4.78, 5) is 0. The molecule has 0 aliphatic heterocycles. The number of fused-ring (bicyclic) bond motifs is 1. The Hall–Kier alpha value is -1.28. The van der Waals surface area contributed by atoms with Gasteiger partial charge in [-0.2, -0.15) is 0 Å². The predicted molar refractivity (Wildman–Crippen MR) is 60.8 cm³/mol. The van der Waals surface area contributed by atoms with Gasteiger partial charge in [0.2, 0.25) is 0 Å². The molecule has 1 aliphatic rings. The van der Waals surface area contributed by atoms with Crippen LogP contribution in [0.4, 0.5) is 0 Å². The van der Waals surface area contributed by atoms with Gasteiger partial charge in [-0.15, -0.1) is 0 Å². The Morgan fingerprint density at radius 1 is 1.33 bits per heavy atom. The van der Waals surface area contributed by atoms with E-state index in [4.69, 9.17) is 0 Å². The number of benzene rings is 1. The van der Waals surface area contributed by atoms with E-state index in [2.05, 4.69) is 42.9 Å². The molecule has 1 aromatic heterocycles. The summed E-state index contributed by atoms with van der Waals surface area (Å²) in [5, 5.41) is 11.3. The zero-order valence-electron chi connectivity index (χ0n) is 9.12. The second kappa shape index (κ2) is 2.64. The van der Waals surface area contributed by atoms with Gasteiger partial charge < -0.3 is 9.67 Å². The maximum Gasteiger partial charge on any atom is 0.0899 e. The molecular weight excluding hydrogens is 186 g/mol. The van der Waals surface area contributed by atoms with Crippen molar-refractivity contribution in [1.29, 1.82) is 0 Å². The lowest BCUT2D eigenvalue weighted by Crippen LogP contribution is -2.03. The summed E-state index contributed by atoms with van der Waals surface area (Å²) in [7, 11) is 2.06. The highest BCUT2D eigenvalue weighted by atomic mass is 16.3. The Labute approximate surface area is 89.1 Å². The van der Waals surface area contributed by atoms with Crippen molar-refractivity contribution in [3.63, 3.8) is 0 Å². The van der Waals surface area contributed by atoms with Gasteiger partial charge in [0.05, 0.1) is 5.60 Å². The predicted octanol–water partition coefficient (Wildman–Crippen LogP) is 2.47. The lowest BCUT2D eigenvalue weighted by atomic mass is 10.0. The van der Waals surface area contributed by atoms with Crippen molar-refractivity contribution in [2.75, 3.05) is 0 Å². The maximum atomic E-state index is 10.1. The summed E-state index contributed by atoms with van der Waals surface area (Å²) < 4.78 is 2.13. The first kappa shape index (κ1) is 8.98. The smallest absolute Gasteiger partial charge is 0.0899 e. The van der Waals surface area contributed by atoms with Gasteiger partial charge in [-0.1, -0.05) is 6.07 Å². The van der Waals surface area contributed by atoms with Gasteiger partial charge in [-0.05, 0) is 43.0 Å². The van der Waals surface area contributed by atoms with Crippen molar-refractivity contribution < 1.29 is 5.11 Å². The fourth-order valence-electron chi connectivity index (χ4n) is 2.29. The molecule has 0 amide bonds. The van der Waals surface area contributed by atoms with E-state index in [1.165, 1.54) is 16.5 Å². The average Bonchev–Trinajstić information content (AvgIpc) is 2.90. The molecule has 0 unspecified atom stereocenters. The van der Waals surface area contributed by atoms with Crippen LogP contribution in [0, 0.1) is 6.92 Å². The topological polar surface area (TPSA) is 25.2 Å². The van der Waals surface area contributed by atoms with Gasteiger partial charge in [0.15, 0.2) is 0 Å². The SMILES string of the molecule is Cc1cn(C)c2ccc(C3(O)CC3)cc12. The molecule has 2 nitrogen and oxygen atoms in total. The zero-order valence-corrected chi connectivity index (χ0v) is 9.12. The fraction of sp³-hybridized carbons (Fsp3) is 0.385. The first-order chi connectivity index (χ1) is 7.10. The largest absolute Gasteiger partial charge is 0.385 e. The van der Waals surface area contributed by atoms with Crippen molar-refractivity contribution in [2.24, 2.45) is 7.05 Å². The highest BCUT2D eigenvalue weighted by Crippen LogP contribution is 2.46. The first-order valence-corrected chi connectivity index (χ1v) is 5.39. The third kappa shape index (κ3) is 1.21. The van der Waals surface area contributed by atoms with E-state index < -0.39 is 5.60 Å². The Bertz CT molecular complexity index is 535. The van der Waals surface area contributed by atoms with E-state index in [1.807, 2.05) is 0 Å². The van der Waals surface area contributed by atoms with Crippen molar-refractivity contribution in [3.05, 3.63) is 35.5 Å². The van der Waals surface area contributed by atoms with E-state index in [9.17, 15) is 5.11 Å². The van der Waals surface area contributed by atoms with Crippen LogP contribution in [0.1, 0.15) is 24.0 Å². The summed E-state index contributed by atoms with van der Waals surface area (Å²) in [6.45, 7) is 2.11. The first-order valence-electron chi connectivity index (χ1n) is 5.39. The van der Waals surface area contributed by atoms with Crippen LogP contribution in [0.25, 0.3) is 10.9 Å². The fourth-order valence-corrected chi connectivity index (χ4v) is 2.29. The summed E-state index contributed by atoms with van der Waals surface area (Å²) >= 11 is 0. The van der Waals surface area contributed by atoms with Gasteiger partial charge in [-0.3, -0.25) is 0 Å². The molecule has 78 valence electrons. The van der Waals surface area contributed by atoms with Gasteiger partial charge in [-0.25, -0.2) is 0 Å². The molecule has 0 saturated heterocycles. The lowest BCUT2D eigenvalue weighted by molar-refractivity contribution is 0.151. The van der Waals surface area contributed by atoms with Crippen molar-refractivity contribution >= 4 is 10.9 Å². The summed E-state index contributed by atoms with van der Waals surface area (Å²) in [5.41, 5.74) is 3.07. The molecule has 0 atom stereocenters. The number of aromatic nitrogens is 1. The second-order valence-corrected chi connectivity index (χ2v) is 4.69. The summed E-state index contributed by atoms with van der Waals surface area (Å²) in [5.74, 6) is 0. The molecular formula is C13H15NO. The molecule has 1 fully saturated rings. The van der Waals surface area contributed by atoms with Crippen LogP contribution in [0.15, 0.2) is 24.4 Å². The third-order valence-corrected chi connectivity index (χ3v) is 3.45. The normalized spacial score (nSPS) is 18.3. The maximum absolute atomic E-state index is 10.1. The number of nitrogens with zero attached hydrogens (tertiary/aromatic N) is 1. The van der Waals surface area contributed by atoms with Gasteiger partial charge >= 0.3 is 0 Å². The molecule has 1 aliphatic carbocycles. The Morgan fingerprint density at radius 3 is 2.73 bits per heavy atom. The quantitative estimate of drug-likeness (QED) is 0.753. The van der Waals surface area contributed by atoms with Crippen LogP contribution in [-0.4, -0.2) is 9.67 Å². The molecule has 0 bridgehead atoms. The zero-order chi connectivity index (χ0) is 10.6. The molecule has 1 heterocycles. The van der Waals surface area contributed by atoms with E-state index in [-0.39, 0.29) is 0 Å². The number of aryl methyl sites for hydroxylation is 2. The molecule has 2 aromatic rings. The average molecular weight is 201 g/mol. The Morgan fingerprint density at radius 2 is 2.07 bits per heavy atom. The number of hydrogen-bond acceptors (Lipinski definition) is 1. The van der Waals surface area contributed by atoms with Gasteiger partial charge in [0.25, 0.3) is 0 Å². The van der Waals surface area contributed by atoms with Gasteiger partial charge in [0.1, 0.15) is 0 Å². The minimum Gasteiger partial charge on any atom is -0.385 e. The molecule has 3 rings (SSSR count). The van der Waals surface area contributed by atoms with Crippen LogP contribution in [-0.2, 0) is 12.6 Å². The van der Waals surface area contributed by atoms with Crippen LogP contribution in [0.2, 0.25) is 0 Å². The van der Waals surface area contributed by atoms with Crippen molar-refractivity contribution in [3.8, 4) is 0 Å². The van der Waals surface area contributed by atoms with Gasteiger partial charge in [0, 0.05) is 24.1 Å². The summed E-state index contributed by atoms with van der Waals surface area (Å²) in [6, 6.07) is 6.29. The van der Waals surface area contributed by atoms with E-state index >= 15 is 0 Å². The van der Waals surface area contributed by atoms with Crippen molar-refractivity contribution in [2.45, 2.75) is 25.4 Å². The molecule has 15 heavy (non-hydrogen) atoms. The molecule has 2 heteroatoms. The second-order valence-electron chi connectivity index (χ2n) is 4.69. The van der Waals surface area contributed by atoms with Crippen LogP contribution >= 0.6 is 0 Å². The molecule has 1 N–H and O–H groups in total. The highest BCUT2D eigenvalue weighted by molar-refractivity contribution is 5.84. The van der Waals surface area contributed by atoms with Crippen LogP contribution in [0.5, 0.6) is 0 Å². The van der Waals surface area contributed by atoms with E-state index in [1.54, 1.807) is 0 Å². The minimum absolute atomic E-state index is 0.517. The number of rotatable bonds is 1. The molecule has 1 aromatic carbocycles. The number of hydrogen-bond donors (Lipinski definition) is 1. The monoisotopic (exact) mass is 201 g/mol. The Balaban J connectivity index is 2.25. The third-order valence-electron chi connectivity index (χ3n) is 3.45. The highest BCUT2D eigenvalue weighted by Gasteiger charge is 2.42. The van der Waals surface area contributed by atoms with Crippen molar-refractivity contribution in [1.82, 2.24) is 4.57 Å². The molecule has 1 saturated carbocycles. The standard InChI is InChI=1S/C13H15NO/c1-9-8-14(2)12-4-3-10(7-11(9)12)13(15)5-6-13/h3-4,7-8,15H,5-6H2,1-2H3. The van der Waals surface area contributed by atoms with Crippen LogP contribution in [0.3, 0.4) is 0 Å². The minimum atomic E-state index is -0.517. The van der Waals surface area contributed by atoms with E-state index in [0.29, 0.717) is 0 Å². The van der Waals surface area contributed by atoms with E-state index in [0.717, 1.165) is 18.4 Å². The lowest BCUT2D eigenvalue weighted by Gasteiger charge is -2.08. The number of aliphatic hydroxyl groups is 1.